The molecule has 20 heavy (non-hydrogen) atoms. The van der Waals surface area contributed by atoms with Gasteiger partial charge in [0.25, 0.3) is 5.76 Å². The average molecular weight is 318 g/mol. The van der Waals surface area contributed by atoms with Crippen LogP contribution in [0.15, 0.2) is 47.4 Å². The van der Waals surface area contributed by atoms with Gasteiger partial charge < -0.3 is 5.32 Å². The molecule has 0 fully saturated rings. The first-order chi connectivity index (χ1) is 9.54. The first-order valence-electron chi connectivity index (χ1n) is 5.77. The Kier molecular flexibility index (Phi) is 5.20. The number of alkyl halides is 2. The highest BCUT2D eigenvalue weighted by Crippen LogP contribution is 2.26. The molecule has 0 spiro atoms. The number of hydrogen-bond acceptors (Lipinski definition) is 2. The molecule has 0 saturated heterocycles. The zero-order valence-electron chi connectivity index (χ0n) is 10.2. The van der Waals surface area contributed by atoms with Gasteiger partial charge in [0.2, 0.25) is 0 Å². The van der Waals surface area contributed by atoms with Crippen LogP contribution in [0.2, 0.25) is 5.02 Å². The Hall–Kier alpha value is -1.33. The fourth-order valence-corrected chi connectivity index (χ4v) is 2.27. The lowest BCUT2D eigenvalue weighted by Crippen LogP contribution is -2.01. The van der Waals surface area contributed by atoms with E-state index in [1.165, 1.54) is 6.07 Å². The molecule has 0 bridgehead atoms. The highest BCUT2D eigenvalue weighted by atomic mass is 35.5. The number of thioether (sulfide) groups is 1. The molecule has 106 valence electrons. The third-order valence-electron chi connectivity index (χ3n) is 2.58. The Bertz CT molecular complexity index is 575. The molecule has 0 radical (unpaired) electrons. The van der Waals surface area contributed by atoms with Crippen LogP contribution in [0.4, 0.5) is 18.9 Å². The van der Waals surface area contributed by atoms with Crippen molar-refractivity contribution in [2.45, 2.75) is 17.2 Å². The first-order valence-corrected chi connectivity index (χ1v) is 7.03. The van der Waals surface area contributed by atoms with Crippen molar-refractivity contribution in [2.24, 2.45) is 0 Å². The second kappa shape index (κ2) is 6.90. The molecular weight excluding hydrogens is 307 g/mol. The standard InChI is InChI=1S/C14H11ClF3NS/c15-10-2-1-9(13(16)7-10)8-19-11-3-5-12(6-4-11)20-14(17)18/h1-7,14,19H,8H2. The number of rotatable bonds is 5. The van der Waals surface area contributed by atoms with E-state index in [2.05, 4.69) is 5.32 Å². The van der Waals surface area contributed by atoms with Crippen LogP contribution < -0.4 is 5.32 Å². The molecule has 1 nitrogen and oxygen atoms in total. The van der Waals surface area contributed by atoms with Crippen molar-refractivity contribution >= 4 is 29.1 Å². The largest absolute Gasteiger partial charge is 0.381 e. The zero-order chi connectivity index (χ0) is 14.5. The smallest absolute Gasteiger partial charge is 0.288 e. The zero-order valence-corrected chi connectivity index (χ0v) is 11.8. The normalized spacial score (nSPS) is 10.8. The van der Waals surface area contributed by atoms with Gasteiger partial charge in [0.1, 0.15) is 5.82 Å². The Morgan fingerprint density at radius 1 is 1.10 bits per heavy atom. The highest BCUT2D eigenvalue weighted by molar-refractivity contribution is 7.99. The molecule has 2 aromatic rings. The van der Waals surface area contributed by atoms with Crippen molar-refractivity contribution in [1.82, 2.24) is 0 Å². The molecule has 1 N–H and O–H groups in total. The molecule has 0 aliphatic rings. The Labute approximate surface area is 124 Å². The van der Waals surface area contributed by atoms with Gasteiger partial charge >= 0.3 is 0 Å². The van der Waals surface area contributed by atoms with E-state index in [4.69, 9.17) is 11.6 Å². The number of halogens is 4. The van der Waals surface area contributed by atoms with Crippen molar-refractivity contribution in [3.63, 3.8) is 0 Å². The summed E-state index contributed by atoms with van der Waals surface area (Å²) in [7, 11) is 0. The summed E-state index contributed by atoms with van der Waals surface area (Å²) in [5.74, 6) is -2.81. The van der Waals surface area contributed by atoms with Crippen molar-refractivity contribution < 1.29 is 13.2 Å². The van der Waals surface area contributed by atoms with E-state index in [0.29, 0.717) is 33.8 Å². The van der Waals surface area contributed by atoms with Gasteiger partial charge in [0, 0.05) is 27.7 Å². The number of anilines is 1. The van der Waals surface area contributed by atoms with Gasteiger partial charge in [-0.25, -0.2) is 4.39 Å². The second-order valence-electron chi connectivity index (χ2n) is 3.99. The molecule has 0 atom stereocenters. The van der Waals surface area contributed by atoms with E-state index < -0.39 is 5.76 Å². The molecular formula is C14H11ClF3NS. The topological polar surface area (TPSA) is 12.0 Å². The Morgan fingerprint density at radius 3 is 2.40 bits per heavy atom. The lowest BCUT2D eigenvalue weighted by Gasteiger charge is -2.08. The van der Waals surface area contributed by atoms with Crippen LogP contribution in [0.5, 0.6) is 0 Å². The minimum atomic E-state index is -2.43. The van der Waals surface area contributed by atoms with Gasteiger partial charge in [0.05, 0.1) is 0 Å². The van der Waals surface area contributed by atoms with Crippen molar-refractivity contribution in [1.29, 1.82) is 0 Å². The van der Waals surface area contributed by atoms with Crippen LogP contribution in [0, 0.1) is 5.82 Å². The number of hydrogen-bond donors (Lipinski definition) is 1. The van der Waals surface area contributed by atoms with Gasteiger partial charge in [0.15, 0.2) is 0 Å². The molecule has 0 saturated carbocycles. The lowest BCUT2D eigenvalue weighted by atomic mass is 10.2. The summed E-state index contributed by atoms with van der Waals surface area (Å²) in [6.45, 7) is 0.296. The van der Waals surface area contributed by atoms with E-state index in [1.807, 2.05) is 0 Å². The monoisotopic (exact) mass is 317 g/mol. The molecule has 0 unspecified atom stereocenters. The third-order valence-corrected chi connectivity index (χ3v) is 3.54. The summed E-state index contributed by atoms with van der Waals surface area (Å²) in [4.78, 5) is 0.489. The van der Waals surface area contributed by atoms with Crippen LogP contribution in [0.25, 0.3) is 0 Å². The van der Waals surface area contributed by atoms with E-state index in [1.54, 1.807) is 36.4 Å². The van der Waals surface area contributed by atoms with Gasteiger partial charge in [-0.05, 0) is 36.4 Å². The van der Waals surface area contributed by atoms with Gasteiger partial charge in [-0.1, -0.05) is 29.4 Å². The van der Waals surface area contributed by atoms with E-state index in [0.717, 1.165) is 5.69 Å². The third kappa shape index (κ3) is 4.35. The van der Waals surface area contributed by atoms with E-state index >= 15 is 0 Å². The molecule has 0 aromatic heterocycles. The van der Waals surface area contributed by atoms with Gasteiger partial charge in [-0.3, -0.25) is 0 Å². The summed E-state index contributed by atoms with van der Waals surface area (Å²) in [5, 5.41) is 3.37. The molecule has 0 heterocycles. The predicted molar refractivity (Wildman–Crippen MR) is 77.0 cm³/mol. The second-order valence-corrected chi connectivity index (χ2v) is 5.49. The molecule has 6 heteroatoms. The number of benzene rings is 2. The summed E-state index contributed by atoms with van der Waals surface area (Å²) >= 11 is 6.16. The van der Waals surface area contributed by atoms with E-state index in [9.17, 15) is 13.2 Å². The summed E-state index contributed by atoms with van der Waals surface area (Å²) in [5.41, 5.74) is 1.22. The predicted octanol–water partition coefficient (Wildman–Crippen LogP) is 5.41. The molecule has 2 aromatic carbocycles. The molecule has 0 aliphatic carbocycles. The summed E-state index contributed by atoms with van der Waals surface area (Å²) in [6.07, 6.45) is 0. The molecule has 2 rings (SSSR count). The van der Waals surface area contributed by atoms with Crippen molar-refractivity contribution in [2.75, 3.05) is 5.32 Å². The lowest BCUT2D eigenvalue weighted by molar-refractivity contribution is 0.252. The fourth-order valence-electron chi connectivity index (χ4n) is 1.62. The Morgan fingerprint density at radius 2 is 1.80 bits per heavy atom. The summed E-state index contributed by atoms with van der Waals surface area (Å²) in [6, 6.07) is 11.0. The summed E-state index contributed by atoms with van der Waals surface area (Å²) < 4.78 is 37.9. The maximum Gasteiger partial charge on any atom is 0.288 e. The average Bonchev–Trinajstić information content (AvgIpc) is 2.39. The van der Waals surface area contributed by atoms with Gasteiger partial charge in [-0.2, -0.15) is 8.78 Å². The molecule has 0 aliphatic heterocycles. The van der Waals surface area contributed by atoms with E-state index in [-0.39, 0.29) is 5.82 Å². The van der Waals surface area contributed by atoms with Crippen LogP contribution in [-0.4, -0.2) is 5.76 Å². The first kappa shape index (κ1) is 15.1. The van der Waals surface area contributed by atoms with Crippen LogP contribution in [0.1, 0.15) is 5.56 Å². The maximum absolute atomic E-state index is 13.5. The maximum atomic E-state index is 13.5. The highest BCUT2D eigenvalue weighted by Gasteiger charge is 2.05. The minimum absolute atomic E-state index is 0.296. The van der Waals surface area contributed by atoms with Crippen LogP contribution >= 0.6 is 23.4 Å². The quantitative estimate of drug-likeness (QED) is 0.740. The van der Waals surface area contributed by atoms with Crippen LogP contribution in [0.3, 0.4) is 0 Å². The minimum Gasteiger partial charge on any atom is -0.381 e. The van der Waals surface area contributed by atoms with Crippen molar-refractivity contribution in [3.8, 4) is 0 Å². The van der Waals surface area contributed by atoms with Crippen LogP contribution in [-0.2, 0) is 6.54 Å². The molecule has 0 amide bonds. The Balaban J connectivity index is 1.96. The van der Waals surface area contributed by atoms with Crippen molar-refractivity contribution in [3.05, 3.63) is 58.9 Å². The SMILES string of the molecule is Fc1cc(Cl)ccc1CNc1ccc(SC(F)F)cc1. The number of nitrogens with one attached hydrogen (secondary N) is 1. The fraction of sp³-hybridized carbons (Fsp3) is 0.143. The van der Waals surface area contributed by atoms with Gasteiger partial charge in [-0.15, -0.1) is 0 Å².